The summed E-state index contributed by atoms with van der Waals surface area (Å²) in [6.45, 7) is 6.30. The van der Waals surface area contributed by atoms with Crippen LogP contribution in [0.1, 0.15) is 79.1 Å². The molecule has 0 aromatic rings. The summed E-state index contributed by atoms with van der Waals surface area (Å²) in [7, 11) is 0. The molecule has 1 aliphatic heterocycles. The zero-order valence-corrected chi connectivity index (χ0v) is 21.1. The summed E-state index contributed by atoms with van der Waals surface area (Å²) >= 11 is 0. The van der Waals surface area contributed by atoms with Crippen molar-refractivity contribution in [2.24, 2.45) is 28.1 Å². The third-order valence-electron chi connectivity index (χ3n) is 8.29. The molecule has 0 bridgehead atoms. The highest BCUT2D eigenvalue weighted by Crippen LogP contribution is 2.50. The molecule has 6 nitrogen and oxygen atoms in total. The molecule has 9 heteroatoms. The first-order valence-corrected chi connectivity index (χ1v) is 12.7. The Morgan fingerprint density at radius 2 is 1.63 bits per heavy atom. The standard InChI is InChI=1S/C26H38F3NO5/c1-23(2)14-25(15-31,22(34)24(3,4)21(23)33)20(32)17-10-11-19(26(27,28)29)30-18(17)13-35-12-16-8-6-5-7-9-16/h15-19,30H,5-14H2,1-4H3. The highest BCUT2D eigenvalue weighted by Gasteiger charge is 2.64. The van der Waals surface area contributed by atoms with Crippen molar-refractivity contribution < 1.29 is 37.1 Å². The number of hydrogen-bond acceptors (Lipinski definition) is 6. The van der Waals surface area contributed by atoms with Crippen LogP contribution >= 0.6 is 0 Å². The summed E-state index contributed by atoms with van der Waals surface area (Å²) in [5, 5.41) is 2.54. The first-order chi connectivity index (χ1) is 16.2. The number of carbonyl (C=O) groups excluding carboxylic acids is 4. The molecule has 2 aliphatic carbocycles. The minimum absolute atomic E-state index is 0.117. The molecule has 0 aromatic carbocycles. The summed E-state index contributed by atoms with van der Waals surface area (Å²) in [6, 6.07) is -2.78. The maximum atomic E-state index is 13.9. The smallest absolute Gasteiger partial charge is 0.380 e. The predicted octanol–water partition coefficient (Wildman–Crippen LogP) is 4.23. The topological polar surface area (TPSA) is 89.5 Å². The van der Waals surface area contributed by atoms with Crippen molar-refractivity contribution in [3.8, 4) is 0 Å². The van der Waals surface area contributed by atoms with Crippen molar-refractivity contribution in [3.05, 3.63) is 0 Å². The monoisotopic (exact) mass is 501 g/mol. The van der Waals surface area contributed by atoms with E-state index in [9.17, 15) is 32.3 Å². The average molecular weight is 502 g/mol. The molecule has 0 spiro atoms. The van der Waals surface area contributed by atoms with Crippen molar-refractivity contribution >= 4 is 23.6 Å². The summed E-state index contributed by atoms with van der Waals surface area (Å²) in [5.74, 6) is -2.49. The molecule has 0 amide bonds. The van der Waals surface area contributed by atoms with Crippen LogP contribution in [0.2, 0.25) is 0 Å². The van der Waals surface area contributed by atoms with Crippen LogP contribution < -0.4 is 5.32 Å². The van der Waals surface area contributed by atoms with Crippen LogP contribution in [-0.4, -0.2) is 55.1 Å². The van der Waals surface area contributed by atoms with Crippen LogP contribution in [0.25, 0.3) is 0 Å². The van der Waals surface area contributed by atoms with Gasteiger partial charge in [-0.3, -0.25) is 14.4 Å². The first kappa shape index (κ1) is 28.0. The van der Waals surface area contributed by atoms with E-state index in [1.165, 1.54) is 20.3 Å². The van der Waals surface area contributed by atoms with Gasteiger partial charge in [0.05, 0.1) is 12.0 Å². The van der Waals surface area contributed by atoms with Crippen LogP contribution in [0.15, 0.2) is 0 Å². The number of piperidine rings is 1. The van der Waals surface area contributed by atoms with Crippen molar-refractivity contribution in [2.75, 3.05) is 13.2 Å². The van der Waals surface area contributed by atoms with E-state index in [0.717, 1.165) is 25.7 Å². The van der Waals surface area contributed by atoms with Crippen molar-refractivity contribution in [2.45, 2.75) is 97.3 Å². The Morgan fingerprint density at radius 1 is 1.00 bits per heavy atom. The molecule has 2 saturated carbocycles. The van der Waals surface area contributed by atoms with Gasteiger partial charge in [-0.2, -0.15) is 13.2 Å². The van der Waals surface area contributed by atoms with E-state index in [-0.39, 0.29) is 31.7 Å². The Bertz CT molecular complexity index is 846. The normalized spacial score (nSPS) is 34.0. The second kappa shape index (κ2) is 10.0. The fourth-order valence-corrected chi connectivity index (χ4v) is 6.50. The number of ketones is 3. The molecule has 198 valence electrons. The summed E-state index contributed by atoms with van der Waals surface area (Å²) in [4.78, 5) is 52.6. The molecule has 0 radical (unpaired) electrons. The van der Waals surface area contributed by atoms with E-state index in [0.29, 0.717) is 18.8 Å². The molecule has 3 aliphatic rings. The van der Waals surface area contributed by atoms with E-state index < -0.39 is 52.0 Å². The first-order valence-electron chi connectivity index (χ1n) is 12.7. The van der Waals surface area contributed by atoms with Gasteiger partial charge in [-0.1, -0.05) is 33.1 Å². The molecule has 4 atom stereocenters. The summed E-state index contributed by atoms with van der Waals surface area (Å²) in [6.07, 6.45) is 0.471. The van der Waals surface area contributed by atoms with Gasteiger partial charge < -0.3 is 14.8 Å². The van der Waals surface area contributed by atoms with Crippen molar-refractivity contribution in [1.29, 1.82) is 0 Å². The minimum Gasteiger partial charge on any atom is -0.380 e. The molecular formula is C26H38F3NO5. The van der Waals surface area contributed by atoms with Gasteiger partial charge in [-0.15, -0.1) is 0 Å². The van der Waals surface area contributed by atoms with Gasteiger partial charge in [-0.05, 0) is 51.9 Å². The Labute approximate surface area is 205 Å². The van der Waals surface area contributed by atoms with Gasteiger partial charge in [0.25, 0.3) is 0 Å². The maximum absolute atomic E-state index is 13.9. The number of Topliss-reactive ketones (excluding diaryl/α,β-unsaturated/α-hetero) is 3. The Balaban J connectivity index is 1.86. The Kier molecular flexibility index (Phi) is 8.02. The number of ether oxygens (including phenoxy) is 1. The Morgan fingerprint density at radius 3 is 2.20 bits per heavy atom. The zero-order valence-electron chi connectivity index (χ0n) is 21.1. The second-order valence-electron chi connectivity index (χ2n) is 11.9. The van der Waals surface area contributed by atoms with Gasteiger partial charge in [0.2, 0.25) is 0 Å². The molecule has 0 aromatic heterocycles. The lowest BCUT2D eigenvalue weighted by Crippen LogP contribution is -2.64. The van der Waals surface area contributed by atoms with E-state index in [1.54, 1.807) is 13.8 Å². The van der Waals surface area contributed by atoms with Crippen LogP contribution in [0.4, 0.5) is 13.2 Å². The number of rotatable bonds is 7. The zero-order chi connectivity index (χ0) is 26.2. The predicted molar refractivity (Wildman–Crippen MR) is 123 cm³/mol. The number of hydrogen-bond donors (Lipinski definition) is 1. The van der Waals surface area contributed by atoms with E-state index >= 15 is 0 Å². The van der Waals surface area contributed by atoms with Crippen molar-refractivity contribution in [3.63, 3.8) is 0 Å². The van der Waals surface area contributed by atoms with Crippen LogP contribution in [-0.2, 0) is 23.9 Å². The fraction of sp³-hybridized carbons (Fsp3) is 0.846. The fourth-order valence-electron chi connectivity index (χ4n) is 6.50. The van der Waals surface area contributed by atoms with Gasteiger partial charge in [0, 0.05) is 24.0 Å². The summed E-state index contributed by atoms with van der Waals surface area (Å²) in [5.41, 5.74) is -4.74. The maximum Gasteiger partial charge on any atom is 0.403 e. The van der Waals surface area contributed by atoms with E-state index in [4.69, 9.17) is 4.74 Å². The van der Waals surface area contributed by atoms with Gasteiger partial charge in [-0.25, -0.2) is 0 Å². The largest absolute Gasteiger partial charge is 0.403 e. The number of nitrogens with one attached hydrogen (secondary N) is 1. The van der Waals surface area contributed by atoms with Gasteiger partial charge in [0.1, 0.15) is 17.7 Å². The van der Waals surface area contributed by atoms with Crippen LogP contribution in [0.5, 0.6) is 0 Å². The quantitative estimate of drug-likeness (QED) is 0.415. The molecular weight excluding hydrogens is 463 g/mol. The average Bonchev–Trinajstić information content (AvgIpc) is 2.80. The Hall–Kier alpha value is -1.61. The van der Waals surface area contributed by atoms with Crippen LogP contribution in [0, 0.1) is 28.1 Å². The van der Waals surface area contributed by atoms with Gasteiger partial charge >= 0.3 is 6.18 Å². The van der Waals surface area contributed by atoms with Gasteiger partial charge in [0.15, 0.2) is 17.3 Å². The highest BCUT2D eigenvalue weighted by molar-refractivity contribution is 6.28. The minimum atomic E-state index is -4.49. The number of aldehydes is 1. The van der Waals surface area contributed by atoms with Crippen molar-refractivity contribution in [1.82, 2.24) is 5.32 Å². The molecule has 4 unspecified atom stereocenters. The number of alkyl halides is 3. The SMILES string of the molecule is CC1(C)CC(C=O)(C(=O)C2CCC(C(F)(F)F)NC2COCC2CCCCC2)C(=O)C(C)(C)C1=O. The summed E-state index contributed by atoms with van der Waals surface area (Å²) < 4.78 is 46.4. The van der Waals surface area contributed by atoms with E-state index in [1.807, 2.05) is 0 Å². The molecule has 1 N–H and O–H groups in total. The van der Waals surface area contributed by atoms with E-state index in [2.05, 4.69) is 5.32 Å². The third kappa shape index (κ3) is 5.41. The molecule has 3 rings (SSSR count). The lowest BCUT2D eigenvalue weighted by Gasteiger charge is -2.48. The third-order valence-corrected chi connectivity index (χ3v) is 8.29. The number of carbonyl (C=O) groups is 4. The van der Waals surface area contributed by atoms with Crippen LogP contribution in [0.3, 0.4) is 0 Å². The molecule has 3 fully saturated rings. The lowest BCUT2D eigenvalue weighted by molar-refractivity contribution is -0.175. The number of halogens is 3. The highest BCUT2D eigenvalue weighted by atomic mass is 19.4. The molecule has 1 saturated heterocycles. The lowest BCUT2D eigenvalue weighted by atomic mass is 9.51. The molecule has 35 heavy (non-hydrogen) atoms. The second-order valence-corrected chi connectivity index (χ2v) is 11.9. The molecule has 1 heterocycles.